The molecular weight excluding hydrogens is 405 g/mol. The number of hydrogen-bond acceptors (Lipinski definition) is 3. The minimum absolute atomic E-state index is 0.0596. The molecule has 1 aromatic carbocycles. The minimum Gasteiger partial charge on any atom is -0.362 e. The highest BCUT2D eigenvalue weighted by atomic mass is 32.1. The molecule has 3 heterocycles. The first-order chi connectivity index (χ1) is 13.6. The zero-order chi connectivity index (χ0) is 21.1. The van der Waals surface area contributed by atoms with Gasteiger partial charge in [-0.15, -0.1) is 0 Å². The molecule has 10 heteroatoms. The quantitative estimate of drug-likeness (QED) is 0.595. The lowest BCUT2D eigenvalue weighted by atomic mass is 10.1. The summed E-state index contributed by atoms with van der Waals surface area (Å²) >= 11 is 5.47. The first-order valence-corrected chi connectivity index (χ1v) is 9.88. The summed E-state index contributed by atoms with van der Waals surface area (Å²) in [6, 6.07) is 2.57. The van der Waals surface area contributed by atoms with E-state index in [-0.39, 0.29) is 17.8 Å². The molecule has 3 atom stereocenters. The van der Waals surface area contributed by atoms with Crippen molar-refractivity contribution >= 4 is 35.0 Å². The SMILES string of the molecule is CC(C)CNC(=S)N1C[C@@H]2C[C@H]1[C@@H]1C(=O)N(c3cccc(C(F)(F)F)c3)C(=O)N21. The predicted molar refractivity (Wildman–Crippen MR) is 104 cm³/mol. The summed E-state index contributed by atoms with van der Waals surface area (Å²) in [4.78, 5) is 30.3. The Bertz CT molecular complexity index is 875. The Morgan fingerprint density at radius 2 is 2.03 bits per heavy atom. The number of hydrogen-bond donors (Lipinski definition) is 1. The van der Waals surface area contributed by atoms with Crippen LogP contribution in [-0.4, -0.2) is 58.1 Å². The first kappa shape index (κ1) is 19.9. The number of alkyl halides is 3. The molecule has 1 N–H and O–H groups in total. The number of urea groups is 1. The third-order valence-corrected chi connectivity index (χ3v) is 6.00. The number of carbonyl (C=O) groups excluding carboxylic acids is 2. The van der Waals surface area contributed by atoms with Gasteiger partial charge in [0.05, 0.1) is 23.3 Å². The molecule has 0 saturated carbocycles. The molecule has 3 aliphatic heterocycles. The molecule has 3 aliphatic rings. The zero-order valence-corrected chi connectivity index (χ0v) is 16.8. The van der Waals surface area contributed by atoms with Gasteiger partial charge in [-0.05, 0) is 42.8 Å². The second kappa shape index (κ2) is 6.86. The van der Waals surface area contributed by atoms with Crippen molar-refractivity contribution in [3.8, 4) is 0 Å². The third kappa shape index (κ3) is 3.23. The van der Waals surface area contributed by atoms with Gasteiger partial charge in [-0.1, -0.05) is 19.9 Å². The molecule has 0 radical (unpaired) electrons. The van der Waals surface area contributed by atoms with Gasteiger partial charge in [-0.2, -0.15) is 13.2 Å². The van der Waals surface area contributed by atoms with Gasteiger partial charge in [0, 0.05) is 13.1 Å². The summed E-state index contributed by atoms with van der Waals surface area (Å²) < 4.78 is 39.2. The number of rotatable bonds is 3. The van der Waals surface area contributed by atoms with Gasteiger partial charge in [0.2, 0.25) is 0 Å². The maximum atomic E-state index is 13.1. The summed E-state index contributed by atoms with van der Waals surface area (Å²) in [5, 5.41) is 3.73. The van der Waals surface area contributed by atoms with Crippen molar-refractivity contribution in [2.45, 2.75) is 44.6 Å². The number of nitrogens with zero attached hydrogens (tertiary/aromatic N) is 3. The van der Waals surface area contributed by atoms with Gasteiger partial charge < -0.3 is 15.1 Å². The van der Waals surface area contributed by atoms with Crippen LogP contribution in [0.2, 0.25) is 0 Å². The van der Waals surface area contributed by atoms with Gasteiger partial charge in [-0.3, -0.25) is 4.79 Å². The summed E-state index contributed by atoms with van der Waals surface area (Å²) in [6.45, 7) is 5.32. The van der Waals surface area contributed by atoms with Crippen LogP contribution >= 0.6 is 12.2 Å². The lowest BCUT2D eigenvalue weighted by molar-refractivity contribution is -0.137. The Labute approximate surface area is 171 Å². The van der Waals surface area contributed by atoms with Gasteiger partial charge in [-0.25, -0.2) is 9.69 Å². The van der Waals surface area contributed by atoms with Crippen LogP contribution in [0.5, 0.6) is 0 Å². The highest BCUT2D eigenvalue weighted by Crippen LogP contribution is 2.43. The number of imide groups is 1. The molecule has 3 amide bonds. The number of amides is 3. The van der Waals surface area contributed by atoms with Crippen molar-refractivity contribution in [1.82, 2.24) is 15.1 Å². The maximum absolute atomic E-state index is 13.1. The molecule has 4 rings (SSSR count). The molecular formula is C19H21F3N4O2S. The number of fused-ring (bicyclic) bond motifs is 5. The number of nitrogens with one attached hydrogen (secondary N) is 1. The maximum Gasteiger partial charge on any atom is 0.416 e. The highest BCUT2D eigenvalue weighted by Gasteiger charge is 2.62. The normalized spacial score (nSPS) is 26.0. The van der Waals surface area contributed by atoms with Crippen LogP contribution in [0.25, 0.3) is 0 Å². The van der Waals surface area contributed by atoms with E-state index in [1.165, 1.54) is 17.0 Å². The van der Waals surface area contributed by atoms with Crippen LogP contribution in [-0.2, 0) is 11.0 Å². The lowest BCUT2D eigenvalue weighted by Crippen LogP contribution is -2.57. The zero-order valence-electron chi connectivity index (χ0n) is 15.9. The Balaban J connectivity index is 1.58. The minimum atomic E-state index is -4.55. The van der Waals surface area contributed by atoms with Crippen LogP contribution in [0.1, 0.15) is 25.8 Å². The van der Waals surface area contributed by atoms with Crippen molar-refractivity contribution in [3.63, 3.8) is 0 Å². The van der Waals surface area contributed by atoms with Crippen molar-refractivity contribution in [1.29, 1.82) is 0 Å². The number of carbonyl (C=O) groups is 2. The van der Waals surface area contributed by atoms with E-state index in [9.17, 15) is 22.8 Å². The van der Waals surface area contributed by atoms with Gasteiger partial charge >= 0.3 is 12.2 Å². The Hall–Kier alpha value is -2.36. The molecule has 156 valence electrons. The topological polar surface area (TPSA) is 55.9 Å². The van der Waals surface area contributed by atoms with Crippen LogP contribution in [0, 0.1) is 5.92 Å². The summed E-state index contributed by atoms with van der Waals surface area (Å²) in [5.41, 5.74) is -0.956. The summed E-state index contributed by atoms with van der Waals surface area (Å²) in [5.74, 6) is -0.103. The van der Waals surface area contributed by atoms with E-state index in [4.69, 9.17) is 12.2 Å². The fourth-order valence-corrected chi connectivity index (χ4v) is 4.64. The number of thiocarbonyl (C=S) groups is 1. The van der Waals surface area contributed by atoms with E-state index >= 15 is 0 Å². The van der Waals surface area contributed by atoms with Crippen LogP contribution in [0.3, 0.4) is 0 Å². The monoisotopic (exact) mass is 426 g/mol. The highest BCUT2D eigenvalue weighted by molar-refractivity contribution is 7.80. The average molecular weight is 426 g/mol. The van der Waals surface area contributed by atoms with E-state index in [1.807, 2.05) is 4.90 Å². The molecule has 3 saturated heterocycles. The van der Waals surface area contributed by atoms with Crippen molar-refractivity contribution < 1.29 is 22.8 Å². The summed E-state index contributed by atoms with van der Waals surface area (Å²) in [6.07, 6.45) is -3.93. The van der Waals surface area contributed by atoms with E-state index in [0.29, 0.717) is 30.5 Å². The first-order valence-electron chi connectivity index (χ1n) is 9.47. The van der Waals surface area contributed by atoms with Gasteiger partial charge in [0.25, 0.3) is 5.91 Å². The molecule has 1 aromatic rings. The van der Waals surface area contributed by atoms with Crippen molar-refractivity contribution in [2.75, 3.05) is 18.0 Å². The number of piperazine rings is 1. The number of anilines is 1. The second-order valence-electron chi connectivity index (χ2n) is 8.05. The lowest BCUT2D eigenvalue weighted by Gasteiger charge is -2.36. The molecule has 29 heavy (non-hydrogen) atoms. The van der Waals surface area contributed by atoms with E-state index in [0.717, 1.165) is 17.0 Å². The molecule has 2 bridgehead atoms. The second-order valence-corrected chi connectivity index (χ2v) is 8.43. The van der Waals surface area contributed by atoms with E-state index < -0.39 is 29.7 Å². The van der Waals surface area contributed by atoms with Crippen LogP contribution in [0.4, 0.5) is 23.7 Å². The third-order valence-electron chi connectivity index (χ3n) is 5.62. The fraction of sp³-hybridized carbons (Fsp3) is 0.526. The van der Waals surface area contributed by atoms with E-state index in [2.05, 4.69) is 19.2 Å². The van der Waals surface area contributed by atoms with Gasteiger partial charge in [0.15, 0.2) is 5.11 Å². The number of likely N-dealkylation sites (tertiary alicyclic amines) is 1. The Morgan fingerprint density at radius 1 is 1.31 bits per heavy atom. The van der Waals surface area contributed by atoms with Gasteiger partial charge in [0.1, 0.15) is 6.04 Å². The molecule has 0 unspecified atom stereocenters. The molecule has 0 spiro atoms. The molecule has 6 nitrogen and oxygen atoms in total. The largest absolute Gasteiger partial charge is 0.416 e. The average Bonchev–Trinajstić information content (AvgIpc) is 3.30. The predicted octanol–water partition coefficient (Wildman–Crippen LogP) is 2.83. The van der Waals surface area contributed by atoms with Crippen LogP contribution in [0.15, 0.2) is 24.3 Å². The Kier molecular flexibility index (Phi) is 4.71. The molecule has 3 fully saturated rings. The van der Waals surface area contributed by atoms with Crippen molar-refractivity contribution in [2.24, 2.45) is 5.92 Å². The number of benzene rings is 1. The molecule has 0 aliphatic carbocycles. The molecule has 0 aromatic heterocycles. The fourth-order valence-electron chi connectivity index (χ4n) is 4.34. The van der Waals surface area contributed by atoms with Crippen molar-refractivity contribution in [3.05, 3.63) is 29.8 Å². The smallest absolute Gasteiger partial charge is 0.362 e. The summed E-state index contributed by atoms with van der Waals surface area (Å²) in [7, 11) is 0. The number of halogens is 3. The standard InChI is InChI=1S/C19H21F3N4O2S/c1-10(2)8-23-17(29)24-9-13-7-14(24)15-16(27)26(18(28)25(13)15)12-5-3-4-11(6-12)19(20,21)22/h3-6,10,13-15H,7-9H2,1-2H3,(H,23,29)/t13-,14-,15+/m0/s1. The van der Waals surface area contributed by atoms with Crippen LogP contribution < -0.4 is 10.2 Å². The van der Waals surface area contributed by atoms with E-state index in [1.54, 1.807) is 0 Å². The Morgan fingerprint density at radius 3 is 2.69 bits per heavy atom.